The average molecular weight is 453 g/mol. The van der Waals surface area contributed by atoms with Gasteiger partial charge in [0.05, 0.1) is 11.4 Å². The zero-order chi connectivity index (χ0) is 23.4. The summed E-state index contributed by atoms with van der Waals surface area (Å²) in [5, 5.41) is 14.7. The molecule has 2 N–H and O–H groups in total. The summed E-state index contributed by atoms with van der Waals surface area (Å²) in [5.74, 6) is -2.10. The fourth-order valence-corrected chi connectivity index (χ4v) is 2.76. The molecule has 2 atom stereocenters. The molecule has 0 spiro atoms. The van der Waals surface area contributed by atoms with E-state index in [1.54, 1.807) is 0 Å². The van der Waals surface area contributed by atoms with Crippen LogP contribution in [0.1, 0.15) is 15.9 Å². The minimum Gasteiger partial charge on any atom is -0.382 e. The van der Waals surface area contributed by atoms with Gasteiger partial charge in [-0.2, -0.15) is 9.78 Å². The molecule has 0 aliphatic rings. The van der Waals surface area contributed by atoms with Crippen molar-refractivity contribution >= 4 is 5.91 Å². The standard InChI is InChI=1S/C21H16F5N3O3/c22-10-11-4-6-12(7-5-11)16-9-15(20(31)27-19(26)17(30)18(24)25)21(32)29(28-16)14-3-1-2-13(23)8-14/h1-9,17-19,30H,10H2,(H,27,31)/t17-,19?/m1/s1. The Morgan fingerprint density at radius 3 is 2.38 bits per heavy atom. The van der Waals surface area contributed by atoms with E-state index >= 15 is 0 Å². The van der Waals surface area contributed by atoms with Gasteiger partial charge in [0.1, 0.15) is 18.1 Å². The van der Waals surface area contributed by atoms with Gasteiger partial charge in [0.25, 0.3) is 17.9 Å². The van der Waals surface area contributed by atoms with Gasteiger partial charge in [-0.1, -0.05) is 30.3 Å². The van der Waals surface area contributed by atoms with Crippen LogP contribution in [0, 0.1) is 5.82 Å². The van der Waals surface area contributed by atoms with Gasteiger partial charge in [-0.05, 0) is 29.8 Å². The van der Waals surface area contributed by atoms with Crippen LogP contribution in [-0.2, 0) is 6.67 Å². The first-order valence-electron chi connectivity index (χ1n) is 9.18. The van der Waals surface area contributed by atoms with E-state index in [2.05, 4.69) is 5.10 Å². The number of hydrogen-bond acceptors (Lipinski definition) is 4. The largest absolute Gasteiger partial charge is 0.382 e. The Morgan fingerprint density at radius 2 is 1.78 bits per heavy atom. The van der Waals surface area contributed by atoms with Crippen LogP contribution < -0.4 is 10.9 Å². The number of nitrogens with zero attached hydrogens (tertiary/aromatic N) is 2. The number of aliphatic hydroxyl groups excluding tert-OH is 1. The summed E-state index contributed by atoms with van der Waals surface area (Å²) in [5.41, 5.74) is -1.14. The predicted molar refractivity (Wildman–Crippen MR) is 104 cm³/mol. The van der Waals surface area contributed by atoms with E-state index < -0.39 is 48.3 Å². The highest BCUT2D eigenvalue weighted by molar-refractivity contribution is 5.95. The normalized spacial score (nSPS) is 13.1. The Morgan fingerprint density at radius 1 is 1.09 bits per heavy atom. The third-order valence-corrected chi connectivity index (χ3v) is 4.44. The topological polar surface area (TPSA) is 84.2 Å². The van der Waals surface area contributed by atoms with Crippen molar-refractivity contribution in [1.82, 2.24) is 15.1 Å². The van der Waals surface area contributed by atoms with Crippen molar-refractivity contribution < 1.29 is 31.9 Å². The van der Waals surface area contributed by atoms with Gasteiger partial charge in [-0.15, -0.1) is 0 Å². The second-order valence-corrected chi connectivity index (χ2v) is 6.67. The predicted octanol–water partition coefficient (Wildman–Crippen LogP) is 3.16. The minimum absolute atomic E-state index is 0.00855. The van der Waals surface area contributed by atoms with Crippen LogP contribution in [0.2, 0.25) is 0 Å². The van der Waals surface area contributed by atoms with Crippen LogP contribution in [0.3, 0.4) is 0 Å². The Bertz CT molecular complexity index is 1170. The SMILES string of the molecule is O=C(NC(F)[C@H](O)C(F)F)c1cc(-c2ccc(CF)cc2)nn(-c2cccc(F)c2)c1=O. The third-order valence-electron chi connectivity index (χ3n) is 4.44. The molecule has 1 unspecified atom stereocenters. The Labute approximate surface area is 177 Å². The average Bonchev–Trinajstić information content (AvgIpc) is 2.78. The summed E-state index contributed by atoms with van der Waals surface area (Å²) in [7, 11) is 0. The molecule has 0 fully saturated rings. The highest BCUT2D eigenvalue weighted by atomic mass is 19.3. The number of halogens is 5. The van der Waals surface area contributed by atoms with Crippen molar-refractivity contribution in [1.29, 1.82) is 0 Å². The van der Waals surface area contributed by atoms with E-state index in [0.717, 1.165) is 18.2 Å². The maximum Gasteiger partial charge on any atom is 0.284 e. The summed E-state index contributed by atoms with van der Waals surface area (Å²) < 4.78 is 66.0. The van der Waals surface area contributed by atoms with E-state index in [4.69, 9.17) is 5.11 Å². The van der Waals surface area contributed by atoms with Crippen LogP contribution in [0.25, 0.3) is 16.9 Å². The van der Waals surface area contributed by atoms with Crippen LogP contribution in [0.15, 0.2) is 59.4 Å². The van der Waals surface area contributed by atoms with Crippen LogP contribution in [-0.4, -0.2) is 39.6 Å². The lowest BCUT2D eigenvalue weighted by Gasteiger charge is -2.17. The lowest BCUT2D eigenvalue weighted by atomic mass is 10.1. The van der Waals surface area contributed by atoms with Gasteiger partial charge in [0, 0.05) is 5.56 Å². The monoisotopic (exact) mass is 453 g/mol. The molecule has 32 heavy (non-hydrogen) atoms. The molecule has 0 aliphatic carbocycles. The summed E-state index contributed by atoms with van der Waals surface area (Å²) in [6, 6.07) is 11.5. The molecule has 0 radical (unpaired) electrons. The molecule has 3 rings (SSSR count). The fraction of sp³-hybridized carbons (Fsp3) is 0.190. The molecule has 0 saturated carbocycles. The smallest absolute Gasteiger partial charge is 0.284 e. The van der Waals surface area contributed by atoms with E-state index in [-0.39, 0.29) is 11.4 Å². The van der Waals surface area contributed by atoms with Gasteiger partial charge >= 0.3 is 0 Å². The maximum absolute atomic E-state index is 13.8. The van der Waals surface area contributed by atoms with Crippen molar-refractivity contribution in [2.75, 3.05) is 0 Å². The highest BCUT2D eigenvalue weighted by Gasteiger charge is 2.30. The van der Waals surface area contributed by atoms with Crippen molar-refractivity contribution in [3.63, 3.8) is 0 Å². The van der Waals surface area contributed by atoms with Gasteiger partial charge in [-0.3, -0.25) is 9.59 Å². The Kier molecular flexibility index (Phi) is 6.98. The Hall–Kier alpha value is -3.60. The molecular weight excluding hydrogens is 437 g/mol. The molecule has 0 saturated heterocycles. The molecule has 168 valence electrons. The molecule has 6 nitrogen and oxygen atoms in total. The molecule has 1 amide bonds. The van der Waals surface area contributed by atoms with E-state index in [1.165, 1.54) is 41.7 Å². The number of alkyl halides is 4. The first kappa shape index (κ1) is 23.1. The number of carbonyl (C=O) groups is 1. The van der Waals surface area contributed by atoms with Gasteiger partial charge in [-0.25, -0.2) is 22.0 Å². The first-order valence-corrected chi connectivity index (χ1v) is 9.18. The molecule has 3 aromatic rings. The maximum atomic E-state index is 13.8. The molecule has 0 aliphatic heterocycles. The Balaban J connectivity index is 2.11. The number of rotatable bonds is 7. The van der Waals surface area contributed by atoms with Crippen LogP contribution >= 0.6 is 0 Å². The van der Waals surface area contributed by atoms with E-state index in [9.17, 15) is 31.5 Å². The molecular formula is C21H16F5N3O3. The molecule has 1 heterocycles. The second kappa shape index (κ2) is 9.69. The lowest BCUT2D eigenvalue weighted by Crippen LogP contribution is -2.45. The van der Waals surface area contributed by atoms with Crippen molar-refractivity contribution in [3.8, 4) is 16.9 Å². The number of hydrogen-bond donors (Lipinski definition) is 2. The number of aliphatic hydroxyl groups is 1. The zero-order valence-corrected chi connectivity index (χ0v) is 16.2. The number of nitrogens with one attached hydrogen (secondary N) is 1. The summed E-state index contributed by atoms with van der Waals surface area (Å²) in [4.78, 5) is 25.3. The van der Waals surface area contributed by atoms with E-state index in [0.29, 0.717) is 15.8 Å². The molecule has 11 heteroatoms. The fourth-order valence-electron chi connectivity index (χ4n) is 2.76. The third kappa shape index (κ3) is 4.99. The van der Waals surface area contributed by atoms with Crippen LogP contribution in [0.4, 0.5) is 22.0 Å². The van der Waals surface area contributed by atoms with Gasteiger partial charge in [0.2, 0.25) is 6.30 Å². The van der Waals surface area contributed by atoms with Crippen molar-refractivity contribution in [2.24, 2.45) is 0 Å². The second-order valence-electron chi connectivity index (χ2n) is 6.67. The summed E-state index contributed by atoms with van der Waals surface area (Å²) in [6.07, 6.45) is -9.14. The zero-order valence-electron chi connectivity index (χ0n) is 16.2. The van der Waals surface area contributed by atoms with Gasteiger partial charge < -0.3 is 10.4 Å². The van der Waals surface area contributed by atoms with Gasteiger partial charge in [0.15, 0.2) is 6.10 Å². The van der Waals surface area contributed by atoms with E-state index in [1.807, 2.05) is 0 Å². The molecule has 1 aromatic heterocycles. The lowest BCUT2D eigenvalue weighted by molar-refractivity contribution is -0.0551. The molecule has 2 aromatic carbocycles. The van der Waals surface area contributed by atoms with Crippen molar-refractivity contribution in [3.05, 3.63) is 81.9 Å². The number of benzene rings is 2. The molecule has 0 bridgehead atoms. The van der Waals surface area contributed by atoms with Crippen LogP contribution in [0.5, 0.6) is 0 Å². The van der Waals surface area contributed by atoms with Crippen molar-refractivity contribution in [2.45, 2.75) is 25.5 Å². The minimum atomic E-state index is -3.48. The number of carbonyl (C=O) groups excluding carboxylic acids is 1. The first-order chi connectivity index (χ1) is 15.2. The number of amides is 1. The highest BCUT2D eigenvalue weighted by Crippen LogP contribution is 2.20. The number of aromatic nitrogens is 2. The quantitative estimate of drug-likeness (QED) is 0.425. The summed E-state index contributed by atoms with van der Waals surface area (Å²) in [6.45, 7) is -0.728. The summed E-state index contributed by atoms with van der Waals surface area (Å²) >= 11 is 0.